The van der Waals surface area contributed by atoms with Gasteiger partial charge in [-0.1, -0.05) is 0 Å². The molecule has 0 unspecified atom stereocenters. The number of hydrogen-bond acceptors (Lipinski definition) is 3. The van der Waals surface area contributed by atoms with Crippen molar-refractivity contribution in [3.8, 4) is 5.75 Å². The molecule has 0 aliphatic carbocycles. The molecular weight excluding hydrogens is 198 g/mol. The minimum atomic E-state index is 0.586. The summed E-state index contributed by atoms with van der Waals surface area (Å²) >= 11 is 4.17. The summed E-state index contributed by atoms with van der Waals surface area (Å²) in [5.41, 5.74) is 1.45. The van der Waals surface area contributed by atoms with Gasteiger partial charge < -0.3 is 9.72 Å². The number of hydrogen-bond donors (Lipinski definition) is 2. The molecule has 0 fully saturated rings. The van der Waals surface area contributed by atoms with Crippen molar-refractivity contribution in [3.05, 3.63) is 23.8 Å². The van der Waals surface area contributed by atoms with E-state index in [2.05, 4.69) is 17.6 Å². The van der Waals surface area contributed by atoms with Crippen molar-refractivity contribution in [2.45, 2.75) is 5.03 Å². The predicted molar refractivity (Wildman–Crippen MR) is 57.5 cm³/mol. The Kier molecular flexibility index (Phi) is 2.21. The van der Waals surface area contributed by atoms with Gasteiger partial charge in [-0.05, 0) is 12.1 Å². The molecule has 0 spiro atoms. The van der Waals surface area contributed by atoms with Gasteiger partial charge >= 0.3 is 0 Å². The number of ether oxygens (including phenoxy) is 1. The van der Waals surface area contributed by atoms with Gasteiger partial charge in [-0.15, -0.1) is 12.6 Å². The van der Waals surface area contributed by atoms with Crippen LogP contribution in [0.3, 0.4) is 0 Å². The second-order valence-electron chi connectivity index (χ2n) is 2.92. The average Bonchev–Trinajstić information content (AvgIpc) is 2.51. The summed E-state index contributed by atoms with van der Waals surface area (Å²) in [6.45, 7) is 0. The van der Waals surface area contributed by atoms with E-state index in [1.807, 2.05) is 18.2 Å². The maximum Gasteiger partial charge on any atom is 0.153 e. The molecule has 0 aliphatic rings. The van der Waals surface area contributed by atoms with Gasteiger partial charge in [-0.2, -0.15) is 0 Å². The lowest BCUT2D eigenvalue weighted by molar-refractivity contribution is 0.112. The Bertz CT molecular complexity index is 490. The smallest absolute Gasteiger partial charge is 0.153 e. The molecule has 1 aromatic carbocycles. The van der Waals surface area contributed by atoms with E-state index < -0.39 is 0 Å². The Balaban J connectivity index is 2.74. The molecule has 0 amide bonds. The topological polar surface area (TPSA) is 42.1 Å². The molecule has 4 heteroatoms. The van der Waals surface area contributed by atoms with Crippen LogP contribution in [-0.4, -0.2) is 18.4 Å². The molecule has 3 nitrogen and oxygen atoms in total. The summed E-state index contributed by atoms with van der Waals surface area (Å²) < 4.78 is 5.07. The number of rotatable bonds is 2. The SMILES string of the molecule is COc1ccc2c(C=O)c(S)[nH]c2c1. The van der Waals surface area contributed by atoms with E-state index in [0.717, 1.165) is 22.9 Å². The molecule has 0 bridgehead atoms. The number of H-pyrrole nitrogens is 1. The summed E-state index contributed by atoms with van der Waals surface area (Å²) in [6.07, 6.45) is 0.799. The second-order valence-corrected chi connectivity index (χ2v) is 3.36. The van der Waals surface area contributed by atoms with Crippen LogP contribution in [0.15, 0.2) is 23.2 Å². The summed E-state index contributed by atoms with van der Waals surface area (Å²) in [4.78, 5) is 13.8. The normalized spacial score (nSPS) is 10.4. The second kappa shape index (κ2) is 3.38. The third kappa shape index (κ3) is 1.28. The van der Waals surface area contributed by atoms with Crippen molar-refractivity contribution in [2.24, 2.45) is 0 Å². The molecule has 2 aromatic rings. The molecule has 72 valence electrons. The number of thiol groups is 1. The highest BCUT2D eigenvalue weighted by Gasteiger charge is 2.08. The van der Waals surface area contributed by atoms with Gasteiger partial charge in [0.2, 0.25) is 0 Å². The lowest BCUT2D eigenvalue weighted by Gasteiger charge is -1.98. The lowest BCUT2D eigenvalue weighted by Crippen LogP contribution is -1.81. The summed E-state index contributed by atoms with van der Waals surface area (Å²) in [7, 11) is 1.60. The predicted octanol–water partition coefficient (Wildman–Crippen LogP) is 2.28. The number of fused-ring (bicyclic) bond motifs is 1. The first-order chi connectivity index (χ1) is 6.76. The molecule has 0 saturated carbocycles. The number of aromatic amines is 1. The molecule has 0 aliphatic heterocycles. The number of nitrogens with one attached hydrogen (secondary N) is 1. The highest BCUT2D eigenvalue weighted by atomic mass is 32.1. The van der Waals surface area contributed by atoms with Crippen molar-refractivity contribution in [1.29, 1.82) is 0 Å². The Morgan fingerprint density at radius 1 is 1.50 bits per heavy atom. The fourth-order valence-corrected chi connectivity index (χ4v) is 1.72. The van der Waals surface area contributed by atoms with Crippen molar-refractivity contribution in [2.75, 3.05) is 7.11 Å². The molecule has 0 saturated heterocycles. The molecule has 0 atom stereocenters. The van der Waals surface area contributed by atoms with Gasteiger partial charge in [0.1, 0.15) is 5.75 Å². The fraction of sp³-hybridized carbons (Fsp3) is 0.100. The number of aldehydes is 1. The highest BCUT2D eigenvalue weighted by molar-refractivity contribution is 7.80. The van der Waals surface area contributed by atoms with Crippen LogP contribution in [0.5, 0.6) is 5.75 Å². The average molecular weight is 207 g/mol. The van der Waals surface area contributed by atoms with Crippen LogP contribution in [0.4, 0.5) is 0 Å². The summed E-state index contributed by atoms with van der Waals surface area (Å²) in [5, 5.41) is 1.45. The Hall–Kier alpha value is -1.42. The van der Waals surface area contributed by atoms with Gasteiger partial charge in [-0.3, -0.25) is 4.79 Å². The molecule has 1 N–H and O–H groups in total. The zero-order chi connectivity index (χ0) is 10.1. The Morgan fingerprint density at radius 3 is 2.93 bits per heavy atom. The quantitative estimate of drug-likeness (QED) is 0.586. The van der Waals surface area contributed by atoms with E-state index in [9.17, 15) is 4.79 Å². The van der Waals surface area contributed by atoms with E-state index >= 15 is 0 Å². The third-order valence-corrected chi connectivity index (χ3v) is 2.50. The summed E-state index contributed by atoms with van der Waals surface area (Å²) in [6, 6.07) is 5.49. The van der Waals surface area contributed by atoms with Crippen molar-refractivity contribution in [3.63, 3.8) is 0 Å². The number of benzene rings is 1. The lowest BCUT2D eigenvalue weighted by atomic mass is 10.2. The summed E-state index contributed by atoms with van der Waals surface area (Å²) in [5.74, 6) is 0.754. The van der Waals surface area contributed by atoms with Crippen LogP contribution < -0.4 is 4.74 Å². The molecule has 0 radical (unpaired) electrons. The fourth-order valence-electron chi connectivity index (χ4n) is 1.43. The Labute approximate surface area is 86.5 Å². The van der Waals surface area contributed by atoms with Gasteiger partial charge in [-0.25, -0.2) is 0 Å². The van der Waals surface area contributed by atoms with E-state index in [-0.39, 0.29) is 0 Å². The van der Waals surface area contributed by atoms with E-state index in [1.165, 1.54) is 0 Å². The van der Waals surface area contributed by atoms with Gasteiger partial charge in [0.25, 0.3) is 0 Å². The van der Waals surface area contributed by atoms with Crippen LogP contribution >= 0.6 is 12.6 Å². The van der Waals surface area contributed by atoms with Crippen molar-refractivity contribution < 1.29 is 9.53 Å². The first-order valence-electron chi connectivity index (χ1n) is 4.10. The third-order valence-electron chi connectivity index (χ3n) is 2.14. The molecular formula is C10H9NO2S. The number of carbonyl (C=O) groups is 1. The monoisotopic (exact) mass is 207 g/mol. The molecule has 2 rings (SSSR count). The zero-order valence-electron chi connectivity index (χ0n) is 7.57. The molecule has 1 aromatic heterocycles. The maximum absolute atomic E-state index is 10.8. The largest absolute Gasteiger partial charge is 0.497 e. The number of methoxy groups -OCH3 is 1. The van der Waals surface area contributed by atoms with Gasteiger partial charge in [0, 0.05) is 11.5 Å². The van der Waals surface area contributed by atoms with Crippen LogP contribution in [0, 0.1) is 0 Å². The van der Waals surface area contributed by atoms with Crippen LogP contribution in [0.25, 0.3) is 10.9 Å². The van der Waals surface area contributed by atoms with E-state index in [4.69, 9.17) is 4.74 Å². The minimum Gasteiger partial charge on any atom is -0.497 e. The van der Waals surface area contributed by atoms with Crippen molar-refractivity contribution in [1.82, 2.24) is 4.98 Å². The van der Waals surface area contributed by atoms with Crippen molar-refractivity contribution >= 4 is 29.8 Å². The van der Waals surface area contributed by atoms with E-state index in [1.54, 1.807) is 7.11 Å². The van der Waals surface area contributed by atoms with Gasteiger partial charge in [0.05, 0.1) is 23.2 Å². The van der Waals surface area contributed by atoms with Crippen LogP contribution in [-0.2, 0) is 0 Å². The number of carbonyl (C=O) groups excluding carboxylic acids is 1. The first kappa shape index (κ1) is 9.15. The molecule has 14 heavy (non-hydrogen) atoms. The van der Waals surface area contributed by atoms with Crippen LogP contribution in [0.2, 0.25) is 0 Å². The van der Waals surface area contributed by atoms with E-state index in [0.29, 0.717) is 10.6 Å². The van der Waals surface area contributed by atoms with Gasteiger partial charge in [0.15, 0.2) is 6.29 Å². The standard InChI is InChI=1S/C10H9NO2S/c1-13-6-2-3-7-8(5-12)10(14)11-9(7)4-6/h2-5,11,14H,1H3. The highest BCUT2D eigenvalue weighted by Crippen LogP contribution is 2.26. The zero-order valence-corrected chi connectivity index (χ0v) is 8.47. The minimum absolute atomic E-state index is 0.586. The number of aromatic nitrogens is 1. The first-order valence-corrected chi connectivity index (χ1v) is 4.55. The molecule has 1 heterocycles. The van der Waals surface area contributed by atoms with Crippen LogP contribution in [0.1, 0.15) is 10.4 Å². The maximum atomic E-state index is 10.8. The Morgan fingerprint density at radius 2 is 2.29 bits per heavy atom.